The summed E-state index contributed by atoms with van der Waals surface area (Å²) in [5, 5.41) is 0. The molecular formula is C38H27N5. The fraction of sp³-hybridized carbons (Fsp3) is 0. The summed E-state index contributed by atoms with van der Waals surface area (Å²) in [5.74, 6) is 0. The molecule has 5 heteroatoms. The normalized spacial score (nSPS) is 12.1. The molecule has 0 radical (unpaired) electrons. The van der Waals surface area contributed by atoms with E-state index in [1.807, 2.05) is 30.3 Å². The lowest BCUT2D eigenvalue weighted by atomic mass is 9.99. The largest absolute Gasteiger partial charge is 0.399 e. The van der Waals surface area contributed by atoms with E-state index in [4.69, 9.17) is 15.7 Å². The van der Waals surface area contributed by atoms with Crippen LogP contribution in [0.15, 0.2) is 115 Å². The molecule has 0 amide bonds. The van der Waals surface area contributed by atoms with Crippen molar-refractivity contribution in [3.63, 3.8) is 0 Å². The third-order valence-electron chi connectivity index (χ3n) is 7.86. The molecule has 2 aliphatic rings. The number of nitrogen functional groups attached to an aromatic ring is 1. The van der Waals surface area contributed by atoms with Crippen molar-refractivity contribution in [1.82, 2.24) is 19.9 Å². The van der Waals surface area contributed by atoms with Gasteiger partial charge in [-0.2, -0.15) is 0 Å². The average molecular weight is 554 g/mol. The summed E-state index contributed by atoms with van der Waals surface area (Å²) in [4.78, 5) is 17.6. The number of fused-ring (bicyclic) bond motifs is 8. The summed E-state index contributed by atoms with van der Waals surface area (Å²) in [6, 6.07) is 39.5. The minimum Gasteiger partial charge on any atom is -0.399 e. The van der Waals surface area contributed by atoms with Crippen LogP contribution < -0.4 is 5.73 Å². The average Bonchev–Trinajstić information content (AvgIpc) is 3.85. The number of nitrogens with two attached hydrogens (primary N) is 1. The Hall–Kier alpha value is -5.94. The molecule has 5 heterocycles. The van der Waals surface area contributed by atoms with E-state index >= 15 is 0 Å². The van der Waals surface area contributed by atoms with Crippen LogP contribution in [0.4, 0.5) is 5.69 Å². The van der Waals surface area contributed by atoms with E-state index in [2.05, 4.69) is 119 Å². The van der Waals surface area contributed by atoms with Crippen LogP contribution in [0.25, 0.3) is 79.8 Å². The van der Waals surface area contributed by atoms with Gasteiger partial charge in [-0.15, -0.1) is 0 Å². The number of hydrogen-bond acceptors (Lipinski definition) is 3. The van der Waals surface area contributed by atoms with Crippen LogP contribution in [-0.2, 0) is 0 Å². The van der Waals surface area contributed by atoms with Crippen LogP contribution in [0.3, 0.4) is 0 Å². The number of benzene rings is 3. The van der Waals surface area contributed by atoms with Crippen LogP contribution in [0.5, 0.6) is 0 Å². The Morgan fingerprint density at radius 3 is 1.84 bits per heavy atom. The van der Waals surface area contributed by atoms with Gasteiger partial charge in [-0.3, -0.25) is 0 Å². The summed E-state index contributed by atoms with van der Waals surface area (Å²) in [5.41, 5.74) is 20.6. The van der Waals surface area contributed by atoms with Crippen molar-refractivity contribution in [2.24, 2.45) is 0 Å². The third-order valence-corrected chi connectivity index (χ3v) is 7.86. The highest BCUT2D eigenvalue weighted by atomic mass is 14.8. The van der Waals surface area contributed by atoms with E-state index in [1.54, 1.807) is 0 Å². The minimum absolute atomic E-state index is 0.722. The van der Waals surface area contributed by atoms with Crippen molar-refractivity contribution in [3.05, 3.63) is 138 Å². The second-order valence-corrected chi connectivity index (χ2v) is 10.7. The highest BCUT2D eigenvalue weighted by molar-refractivity contribution is 6.01. The molecule has 0 spiro atoms. The van der Waals surface area contributed by atoms with Crippen LogP contribution in [0, 0.1) is 0 Å². The molecule has 6 aromatic rings. The number of nitrogens with zero attached hydrogens (tertiary/aromatic N) is 2. The van der Waals surface area contributed by atoms with Gasteiger partial charge in [0.1, 0.15) is 0 Å². The molecule has 0 saturated heterocycles. The lowest BCUT2D eigenvalue weighted by Crippen LogP contribution is -1.89. The van der Waals surface area contributed by atoms with Crippen molar-refractivity contribution in [1.29, 1.82) is 0 Å². The van der Waals surface area contributed by atoms with E-state index in [-0.39, 0.29) is 0 Å². The Kier molecular flexibility index (Phi) is 5.86. The predicted octanol–water partition coefficient (Wildman–Crippen LogP) is 9.24. The van der Waals surface area contributed by atoms with Gasteiger partial charge in [0.25, 0.3) is 0 Å². The monoisotopic (exact) mass is 553 g/mol. The van der Waals surface area contributed by atoms with Crippen molar-refractivity contribution in [2.75, 3.05) is 5.73 Å². The molecule has 8 bridgehead atoms. The van der Waals surface area contributed by atoms with E-state index in [0.29, 0.717) is 0 Å². The summed E-state index contributed by atoms with van der Waals surface area (Å²) in [7, 11) is 0. The SMILES string of the molecule is Nc1ccc(-c2c3nc(c(-c4ccccc4)c4[nH]c(cc5nc(cc6ccc2[nH]6)C=C5)cc4-c2ccccc2)C=C3)cc1. The van der Waals surface area contributed by atoms with Gasteiger partial charge in [0.2, 0.25) is 0 Å². The second kappa shape index (κ2) is 10.2. The molecule has 0 saturated carbocycles. The van der Waals surface area contributed by atoms with Crippen LogP contribution in [0.2, 0.25) is 0 Å². The lowest BCUT2D eigenvalue weighted by Gasteiger charge is -2.07. The van der Waals surface area contributed by atoms with Gasteiger partial charge in [-0.1, -0.05) is 72.8 Å². The highest BCUT2D eigenvalue weighted by Crippen LogP contribution is 2.38. The Bertz CT molecular complexity index is 2220. The zero-order chi connectivity index (χ0) is 28.8. The number of nitrogens with one attached hydrogen (secondary N) is 2. The zero-order valence-electron chi connectivity index (χ0n) is 23.3. The minimum atomic E-state index is 0.722. The Labute approximate surface area is 248 Å². The number of aromatic amines is 2. The van der Waals surface area contributed by atoms with Crippen LogP contribution in [-0.4, -0.2) is 19.9 Å². The lowest BCUT2D eigenvalue weighted by molar-refractivity contribution is 1.31. The molecule has 0 atom stereocenters. The third kappa shape index (κ3) is 4.63. The fourth-order valence-electron chi connectivity index (χ4n) is 5.87. The van der Waals surface area contributed by atoms with Crippen LogP contribution in [0.1, 0.15) is 22.8 Å². The van der Waals surface area contributed by atoms with E-state index < -0.39 is 0 Å². The first-order valence-electron chi connectivity index (χ1n) is 14.3. The van der Waals surface area contributed by atoms with Gasteiger partial charge in [0.05, 0.1) is 28.3 Å². The van der Waals surface area contributed by atoms with Gasteiger partial charge < -0.3 is 15.7 Å². The first kappa shape index (κ1) is 24.8. The standard InChI is InChI=1S/C38H27N5/c39-27-13-11-26(12-14-27)36-33-18-17-30(41-33)21-28-15-16-29(40-28)22-31-23-32(24-7-3-1-4-8-24)38(42-31)37(25-9-5-2-6-10-25)35-20-19-34(36)43-35/h1-23,41-42H,39H2. The molecule has 0 unspecified atom stereocenters. The summed E-state index contributed by atoms with van der Waals surface area (Å²) >= 11 is 0. The van der Waals surface area contributed by atoms with Crippen LogP contribution >= 0.6 is 0 Å². The molecule has 5 nitrogen and oxygen atoms in total. The van der Waals surface area contributed by atoms with E-state index in [0.717, 1.165) is 83.9 Å². The van der Waals surface area contributed by atoms with E-state index in [1.165, 1.54) is 0 Å². The summed E-state index contributed by atoms with van der Waals surface area (Å²) < 4.78 is 0. The fourth-order valence-corrected chi connectivity index (χ4v) is 5.87. The number of anilines is 1. The second-order valence-electron chi connectivity index (χ2n) is 10.7. The van der Waals surface area contributed by atoms with Crippen molar-refractivity contribution in [2.45, 2.75) is 0 Å². The van der Waals surface area contributed by atoms with Gasteiger partial charge in [-0.25, -0.2) is 9.97 Å². The molecule has 2 aliphatic heterocycles. The molecule has 0 fully saturated rings. The van der Waals surface area contributed by atoms with Crippen molar-refractivity contribution in [3.8, 4) is 33.4 Å². The molecule has 4 N–H and O–H groups in total. The number of hydrogen-bond donors (Lipinski definition) is 3. The number of H-pyrrole nitrogens is 2. The molecule has 3 aromatic heterocycles. The number of aromatic nitrogens is 4. The summed E-state index contributed by atoms with van der Waals surface area (Å²) in [6.45, 7) is 0. The maximum atomic E-state index is 6.07. The van der Waals surface area contributed by atoms with Gasteiger partial charge in [0.15, 0.2) is 0 Å². The number of rotatable bonds is 3. The highest BCUT2D eigenvalue weighted by Gasteiger charge is 2.17. The molecular weight excluding hydrogens is 526 g/mol. The van der Waals surface area contributed by atoms with Crippen molar-refractivity contribution >= 4 is 52.1 Å². The maximum Gasteiger partial charge on any atom is 0.0737 e. The molecule has 8 rings (SSSR count). The van der Waals surface area contributed by atoms with Gasteiger partial charge in [-0.05, 0) is 83.5 Å². The Morgan fingerprint density at radius 1 is 0.488 bits per heavy atom. The molecule has 43 heavy (non-hydrogen) atoms. The Balaban J connectivity index is 1.56. The topological polar surface area (TPSA) is 83.4 Å². The Morgan fingerprint density at radius 2 is 1.12 bits per heavy atom. The smallest absolute Gasteiger partial charge is 0.0737 e. The van der Waals surface area contributed by atoms with Gasteiger partial charge >= 0.3 is 0 Å². The molecule has 3 aromatic carbocycles. The van der Waals surface area contributed by atoms with Crippen molar-refractivity contribution < 1.29 is 0 Å². The van der Waals surface area contributed by atoms with E-state index in [9.17, 15) is 0 Å². The first-order valence-corrected chi connectivity index (χ1v) is 14.3. The quantitative estimate of drug-likeness (QED) is 0.191. The maximum absolute atomic E-state index is 6.07. The first-order chi connectivity index (χ1) is 21.2. The van der Waals surface area contributed by atoms with Gasteiger partial charge in [0, 0.05) is 38.9 Å². The molecule has 0 aliphatic carbocycles. The zero-order valence-corrected chi connectivity index (χ0v) is 23.3. The molecule has 204 valence electrons. The predicted molar refractivity (Wildman–Crippen MR) is 180 cm³/mol. The summed E-state index contributed by atoms with van der Waals surface area (Å²) in [6.07, 6.45) is 8.32.